The number of carbonyl (C=O) groups is 1. The summed E-state index contributed by atoms with van der Waals surface area (Å²) in [5.41, 5.74) is 6.16. The van der Waals surface area contributed by atoms with Crippen LogP contribution in [0.5, 0.6) is 0 Å². The second-order valence-corrected chi connectivity index (χ2v) is 6.44. The van der Waals surface area contributed by atoms with Gasteiger partial charge >= 0.3 is 6.01 Å². The van der Waals surface area contributed by atoms with Crippen LogP contribution in [-0.4, -0.2) is 16.1 Å². The maximum atomic E-state index is 12.3. The molecule has 2 aromatic carbocycles. The highest BCUT2D eigenvalue weighted by Crippen LogP contribution is 2.17. The number of hydrogen-bond acceptors (Lipinski definition) is 4. The van der Waals surface area contributed by atoms with Gasteiger partial charge in [-0.3, -0.25) is 10.1 Å². The van der Waals surface area contributed by atoms with Gasteiger partial charge in [-0.15, -0.1) is 5.10 Å². The van der Waals surface area contributed by atoms with E-state index in [2.05, 4.69) is 47.6 Å². The fourth-order valence-corrected chi connectivity index (χ4v) is 2.86. The molecule has 0 aliphatic rings. The Balaban J connectivity index is 1.72. The van der Waals surface area contributed by atoms with Crippen LogP contribution in [0.4, 0.5) is 6.01 Å². The molecule has 0 spiro atoms. The Morgan fingerprint density at radius 1 is 0.960 bits per heavy atom. The van der Waals surface area contributed by atoms with Crippen molar-refractivity contribution >= 4 is 11.9 Å². The quantitative estimate of drug-likeness (QED) is 0.778. The maximum Gasteiger partial charge on any atom is 0.322 e. The molecule has 3 rings (SSSR count). The molecule has 0 aliphatic carbocycles. The molecule has 128 valence electrons. The molecule has 25 heavy (non-hydrogen) atoms. The van der Waals surface area contributed by atoms with E-state index in [1.165, 1.54) is 11.1 Å². The summed E-state index contributed by atoms with van der Waals surface area (Å²) in [5, 5.41) is 10.6. The summed E-state index contributed by atoms with van der Waals surface area (Å²) in [4.78, 5) is 12.3. The molecule has 0 aliphatic heterocycles. The first-order valence-electron chi connectivity index (χ1n) is 8.19. The minimum Gasteiger partial charge on any atom is -0.407 e. The zero-order valence-corrected chi connectivity index (χ0v) is 14.9. The predicted molar refractivity (Wildman–Crippen MR) is 96.9 cm³/mol. The average Bonchev–Trinajstić information content (AvgIpc) is 2.96. The number of carbonyl (C=O) groups excluding carboxylic acids is 1. The SMILES string of the molecule is Cc1cc(C)cc(C(=O)Nc2nnc(Cc3ccc(C)cc3C)o2)c1. The third kappa shape index (κ3) is 4.12. The van der Waals surface area contributed by atoms with E-state index in [-0.39, 0.29) is 11.9 Å². The highest BCUT2D eigenvalue weighted by Gasteiger charge is 2.13. The molecule has 0 bridgehead atoms. The van der Waals surface area contributed by atoms with Crippen LogP contribution >= 0.6 is 0 Å². The molecule has 5 heteroatoms. The summed E-state index contributed by atoms with van der Waals surface area (Å²) in [6.45, 7) is 8.03. The Morgan fingerprint density at radius 3 is 2.36 bits per heavy atom. The van der Waals surface area contributed by atoms with E-state index in [1.807, 2.05) is 32.0 Å². The van der Waals surface area contributed by atoms with Gasteiger partial charge in [-0.05, 0) is 51.0 Å². The summed E-state index contributed by atoms with van der Waals surface area (Å²) >= 11 is 0. The molecule has 1 aromatic heterocycles. The molecule has 5 nitrogen and oxygen atoms in total. The number of benzene rings is 2. The van der Waals surface area contributed by atoms with Crippen molar-refractivity contribution in [3.8, 4) is 0 Å². The van der Waals surface area contributed by atoms with E-state index in [4.69, 9.17) is 4.42 Å². The molecule has 1 heterocycles. The Hall–Kier alpha value is -2.95. The smallest absolute Gasteiger partial charge is 0.322 e. The lowest BCUT2D eigenvalue weighted by atomic mass is 10.0. The molecule has 0 saturated heterocycles. The monoisotopic (exact) mass is 335 g/mol. The number of nitrogens with one attached hydrogen (secondary N) is 1. The van der Waals surface area contributed by atoms with Gasteiger partial charge in [0, 0.05) is 5.56 Å². The number of anilines is 1. The van der Waals surface area contributed by atoms with Crippen LogP contribution in [0, 0.1) is 27.7 Å². The van der Waals surface area contributed by atoms with Gasteiger partial charge in [0.1, 0.15) is 0 Å². The Kier molecular flexibility index (Phi) is 4.65. The van der Waals surface area contributed by atoms with Crippen LogP contribution in [0.1, 0.15) is 44.1 Å². The van der Waals surface area contributed by atoms with Crippen molar-refractivity contribution in [1.82, 2.24) is 10.2 Å². The van der Waals surface area contributed by atoms with Crippen molar-refractivity contribution in [1.29, 1.82) is 0 Å². The van der Waals surface area contributed by atoms with E-state index in [0.717, 1.165) is 16.7 Å². The van der Waals surface area contributed by atoms with E-state index >= 15 is 0 Å². The van der Waals surface area contributed by atoms with Gasteiger partial charge in [0.25, 0.3) is 5.91 Å². The number of amides is 1. The Labute approximate surface area is 147 Å². The summed E-state index contributed by atoms with van der Waals surface area (Å²) in [7, 11) is 0. The van der Waals surface area contributed by atoms with E-state index in [0.29, 0.717) is 17.9 Å². The fourth-order valence-electron chi connectivity index (χ4n) is 2.86. The summed E-state index contributed by atoms with van der Waals surface area (Å²) in [5.74, 6) is 0.219. The van der Waals surface area contributed by atoms with E-state index in [9.17, 15) is 4.79 Å². The number of aryl methyl sites for hydroxylation is 4. The average molecular weight is 335 g/mol. The maximum absolute atomic E-state index is 12.3. The van der Waals surface area contributed by atoms with Gasteiger partial charge < -0.3 is 4.42 Å². The van der Waals surface area contributed by atoms with Crippen molar-refractivity contribution in [2.24, 2.45) is 0 Å². The molecule has 0 radical (unpaired) electrons. The first kappa shape index (κ1) is 16.9. The number of aromatic nitrogens is 2. The third-order valence-corrected chi connectivity index (χ3v) is 4.01. The molecule has 0 saturated carbocycles. The van der Waals surface area contributed by atoms with Gasteiger partial charge in [-0.2, -0.15) is 0 Å². The van der Waals surface area contributed by atoms with E-state index < -0.39 is 0 Å². The summed E-state index contributed by atoms with van der Waals surface area (Å²) < 4.78 is 5.57. The topological polar surface area (TPSA) is 68.0 Å². The molecule has 1 amide bonds. The minimum atomic E-state index is -0.256. The first-order chi connectivity index (χ1) is 11.9. The van der Waals surface area contributed by atoms with E-state index in [1.54, 1.807) is 0 Å². The summed E-state index contributed by atoms with van der Waals surface area (Å²) in [6, 6.07) is 12.0. The fraction of sp³-hybridized carbons (Fsp3) is 0.250. The van der Waals surface area contributed by atoms with Crippen LogP contribution in [-0.2, 0) is 6.42 Å². The van der Waals surface area contributed by atoms with Gasteiger partial charge in [-0.1, -0.05) is 46.1 Å². The number of hydrogen-bond donors (Lipinski definition) is 1. The van der Waals surface area contributed by atoms with Crippen LogP contribution < -0.4 is 5.32 Å². The van der Waals surface area contributed by atoms with Crippen LogP contribution in [0.25, 0.3) is 0 Å². The lowest BCUT2D eigenvalue weighted by Crippen LogP contribution is -2.12. The molecule has 0 atom stereocenters. The van der Waals surface area contributed by atoms with Gasteiger partial charge in [0.05, 0.1) is 6.42 Å². The highest BCUT2D eigenvalue weighted by atomic mass is 16.4. The Bertz CT molecular complexity index is 908. The van der Waals surface area contributed by atoms with Crippen molar-refractivity contribution in [3.05, 3.63) is 75.7 Å². The van der Waals surface area contributed by atoms with Gasteiger partial charge in [0.15, 0.2) is 0 Å². The molecule has 0 fully saturated rings. The van der Waals surface area contributed by atoms with Crippen molar-refractivity contribution in [2.45, 2.75) is 34.1 Å². The molecule has 3 aromatic rings. The van der Waals surface area contributed by atoms with Crippen molar-refractivity contribution in [3.63, 3.8) is 0 Å². The first-order valence-corrected chi connectivity index (χ1v) is 8.19. The largest absolute Gasteiger partial charge is 0.407 e. The minimum absolute atomic E-state index is 0.115. The molecular formula is C20H21N3O2. The van der Waals surface area contributed by atoms with Crippen LogP contribution in [0.2, 0.25) is 0 Å². The van der Waals surface area contributed by atoms with Gasteiger partial charge in [0.2, 0.25) is 5.89 Å². The van der Waals surface area contributed by atoms with Crippen LogP contribution in [0.15, 0.2) is 40.8 Å². The van der Waals surface area contributed by atoms with Crippen molar-refractivity contribution in [2.75, 3.05) is 5.32 Å². The molecular weight excluding hydrogens is 314 g/mol. The predicted octanol–water partition coefficient (Wildman–Crippen LogP) is 4.15. The second-order valence-electron chi connectivity index (χ2n) is 6.44. The zero-order valence-electron chi connectivity index (χ0n) is 14.9. The van der Waals surface area contributed by atoms with Gasteiger partial charge in [-0.25, -0.2) is 0 Å². The normalized spacial score (nSPS) is 10.7. The number of rotatable bonds is 4. The molecule has 1 N–H and O–H groups in total. The third-order valence-electron chi connectivity index (χ3n) is 4.01. The highest BCUT2D eigenvalue weighted by molar-refractivity contribution is 6.03. The molecule has 0 unspecified atom stereocenters. The Morgan fingerprint density at radius 2 is 1.68 bits per heavy atom. The standard InChI is InChI=1S/C20H21N3O2/c1-12-5-6-16(15(4)8-12)11-18-22-23-20(25-18)21-19(24)17-9-13(2)7-14(3)10-17/h5-10H,11H2,1-4H3,(H,21,23,24). The van der Waals surface area contributed by atoms with Crippen LogP contribution in [0.3, 0.4) is 0 Å². The zero-order chi connectivity index (χ0) is 18.0. The second kappa shape index (κ2) is 6.89. The summed E-state index contributed by atoms with van der Waals surface area (Å²) in [6.07, 6.45) is 0.540. The number of nitrogens with zero attached hydrogens (tertiary/aromatic N) is 2. The van der Waals surface area contributed by atoms with Crippen molar-refractivity contribution < 1.29 is 9.21 Å². The lowest BCUT2D eigenvalue weighted by molar-refractivity contribution is 0.102. The lowest BCUT2D eigenvalue weighted by Gasteiger charge is -2.04.